The van der Waals surface area contributed by atoms with Gasteiger partial charge in [-0.05, 0) is 6.42 Å². The lowest BCUT2D eigenvalue weighted by Gasteiger charge is -2.05. The number of aromatic nitrogens is 2. The Morgan fingerprint density at radius 2 is 2.07 bits per heavy atom. The number of ether oxygens (including phenoxy) is 1. The lowest BCUT2D eigenvalue weighted by atomic mass is 10.4. The molecule has 15 heavy (non-hydrogen) atoms. The van der Waals surface area contributed by atoms with Crippen LogP contribution in [0.2, 0.25) is 0 Å². The number of nitrogens with two attached hydrogens (primary N) is 1. The first-order valence-electron chi connectivity index (χ1n) is 5.22. The highest BCUT2D eigenvalue weighted by molar-refractivity contribution is 5.35. The molecule has 0 bridgehead atoms. The van der Waals surface area contributed by atoms with Crippen LogP contribution in [0.5, 0.6) is 0 Å². The van der Waals surface area contributed by atoms with E-state index in [1.54, 1.807) is 12.4 Å². The zero-order valence-corrected chi connectivity index (χ0v) is 9.07. The maximum absolute atomic E-state index is 5.46. The average Bonchev–Trinajstić information content (AvgIpc) is 2.26. The highest BCUT2D eigenvalue weighted by atomic mass is 16.5. The molecule has 0 amide bonds. The molecule has 0 aromatic carbocycles. The molecule has 0 unspecified atom stereocenters. The fraction of sp³-hybridized carbons (Fsp3) is 0.600. The molecule has 0 radical (unpaired) electrons. The van der Waals surface area contributed by atoms with Crippen LogP contribution in [0.25, 0.3) is 0 Å². The van der Waals surface area contributed by atoms with Crippen LogP contribution in [0, 0.1) is 0 Å². The Bertz CT molecular complexity index is 263. The summed E-state index contributed by atoms with van der Waals surface area (Å²) in [5, 5.41) is 3.05. The molecule has 5 nitrogen and oxygen atoms in total. The van der Waals surface area contributed by atoms with Crippen molar-refractivity contribution in [2.45, 2.75) is 19.8 Å². The van der Waals surface area contributed by atoms with Crippen LogP contribution in [-0.2, 0) is 4.74 Å². The number of nitrogens with zero attached hydrogens (tertiary/aromatic N) is 2. The predicted molar refractivity (Wildman–Crippen MR) is 60.7 cm³/mol. The maximum atomic E-state index is 5.46. The van der Waals surface area contributed by atoms with Crippen molar-refractivity contribution in [1.82, 2.24) is 9.97 Å². The normalized spacial score (nSPS) is 10.2. The fourth-order valence-corrected chi connectivity index (χ4v) is 1.01. The molecule has 0 saturated heterocycles. The maximum Gasteiger partial charge on any atom is 0.222 e. The smallest absolute Gasteiger partial charge is 0.222 e. The van der Waals surface area contributed by atoms with E-state index in [-0.39, 0.29) is 0 Å². The Morgan fingerprint density at radius 1 is 1.33 bits per heavy atom. The first-order valence-corrected chi connectivity index (χ1v) is 5.22. The number of anilines is 2. The standard InChI is InChI=1S/C10H18N4O/c1-2-3-5-15-6-4-12-10-13-7-9(11)8-14-10/h7-8H,2-6,11H2,1H3,(H,12,13,14). The second kappa shape index (κ2) is 7.00. The number of rotatable bonds is 7. The minimum atomic E-state index is 0.569. The molecule has 1 rings (SSSR count). The molecule has 1 aromatic rings. The summed E-state index contributed by atoms with van der Waals surface area (Å²) in [5.74, 6) is 0.586. The summed E-state index contributed by atoms with van der Waals surface area (Å²) >= 11 is 0. The van der Waals surface area contributed by atoms with Crippen molar-refractivity contribution in [2.24, 2.45) is 0 Å². The van der Waals surface area contributed by atoms with E-state index in [4.69, 9.17) is 10.5 Å². The molecule has 0 atom stereocenters. The number of unbranched alkanes of at least 4 members (excludes halogenated alkanes) is 1. The summed E-state index contributed by atoms with van der Waals surface area (Å²) in [6.45, 7) is 4.35. The van der Waals surface area contributed by atoms with Crippen molar-refractivity contribution in [2.75, 3.05) is 30.8 Å². The van der Waals surface area contributed by atoms with Crippen molar-refractivity contribution in [3.05, 3.63) is 12.4 Å². The number of hydrogen-bond acceptors (Lipinski definition) is 5. The molecule has 0 spiro atoms. The first kappa shape index (κ1) is 11.7. The lowest BCUT2D eigenvalue weighted by Crippen LogP contribution is -2.12. The van der Waals surface area contributed by atoms with Gasteiger partial charge in [0.2, 0.25) is 5.95 Å². The van der Waals surface area contributed by atoms with Crippen LogP contribution in [0.4, 0.5) is 11.6 Å². The molecule has 84 valence electrons. The van der Waals surface area contributed by atoms with Crippen molar-refractivity contribution in [3.63, 3.8) is 0 Å². The Hall–Kier alpha value is -1.36. The van der Waals surface area contributed by atoms with Gasteiger partial charge >= 0.3 is 0 Å². The largest absolute Gasteiger partial charge is 0.396 e. The Labute approximate surface area is 90.1 Å². The minimum absolute atomic E-state index is 0.569. The summed E-state index contributed by atoms with van der Waals surface area (Å²) in [7, 11) is 0. The van der Waals surface area contributed by atoms with Crippen molar-refractivity contribution >= 4 is 11.6 Å². The second-order valence-corrected chi connectivity index (χ2v) is 3.23. The van der Waals surface area contributed by atoms with E-state index in [1.165, 1.54) is 0 Å². The average molecular weight is 210 g/mol. The molecular formula is C10H18N4O. The van der Waals surface area contributed by atoms with Crippen LogP contribution in [0.15, 0.2) is 12.4 Å². The summed E-state index contributed by atoms with van der Waals surface area (Å²) in [5.41, 5.74) is 6.03. The van der Waals surface area contributed by atoms with E-state index >= 15 is 0 Å². The molecule has 0 fully saturated rings. The van der Waals surface area contributed by atoms with Gasteiger partial charge in [-0.3, -0.25) is 0 Å². The zero-order valence-electron chi connectivity index (χ0n) is 9.07. The number of nitrogen functional groups attached to an aromatic ring is 1. The van der Waals surface area contributed by atoms with Crippen LogP contribution < -0.4 is 11.1 Å². The zero-order chi connectivity index (χ0) is 10.9. The van der Waals surface area contributed by atoms with Gasteiger partial charge in [0.15, 0.2) is 0 Å². The van der Waals surface area contributed by atoms with Crippen LogP contribution >= 0.6 is 0 Å². The van der Waals surface area contributed by atoms with Crippen LogP contribution in [0.3, 0.4) is 0 Å². The van der Waals surface area contributed by atoms with Crippen LogP contribution in [0.1, 0.15) is 19.8 Å². The van der Waals surface area contributed by atoms with Gasteiger partial charge in [0.05, 0.1) is 24.7 Å². The summed E-state index contributed by atoms with van der Waals surface area (Å²) in [6.07, 6.45) is 5.42. The van der Waals surface area contributed by atoms with Crippen molar-refractivity contribution in [1.29, 1.82) is 0 Å². The van der Waals surface area contributed by atoms with E-state index in [0.717, 1.165) is 19.4 Å². The van der Waals surface area contributed by atoms with E-state index in [1.807, 2.05) is 0 Å². The van der Waals surface area contributed by atoms with Gasteiger partial charge in [0.1, 0.15) is 0 Å². The van der Waals surface area contributed by atoms with E-state index in [9.17, 15) is 0 Å². The molecule has 1 aromatic heterocycles. The van der Waals surface area contributed by atoms with E-state index in [2.05, 4.69) is 22.2 Å². The molecule has 0 aliphatic carbocycles. The second-order valence-electron chi connectivity index (χ2n) is 3.23. The Morgan fingerprint density at radius 3 is 2.73 bits per heavy atom. The SMILES string of the molecule is CCCCOCCNc1ncc(N)cn1. The quantitative estimate of drug-likeness (QED) is 0.663. The van der Waals surface area contributed by atoms with Gasteiger partial charge in [0.25, 0.3) is 0 Å². The topological polar surface area (TPSA) is 73.1 Å². The molecular weight excluding hydrogens is 192 g/mol. The fourth-order valence-electron chi connectivity index (χ4n) is 1.01. The lowest BCUT2D eigenvalue weighted by molar-refractivity contribution is 0.141. The Balaban J connectivity index is 2.07. The Kier molecular flexibility index (Phi) is 5.47. The van der Waals surface area contributed by atoms with Gasteiger partial charge in [-0.15, -0.1) is 0 Å². The van der Waals surface area contributed by atoms with Gasteiger partial charge in [-0.1, -0.05) is 13.3 Å². The van der Waals surface area contributed by atoms with Gasteiger partial charge in [0, 0.05) is 13.2 Å². The predicted octanol–water partition coefficient (Wildman–Crippen LogP) is 1.29. The highest BCUT2D eigenvalue weighted by Gasteiger charge is 1.94. The third-order valence-corrected chi connectivity index (χ3v) is 1.84. The highest BCUT2D eigenvalue weighted by Crippen LogP contribution is 1.99. The van der Waals surface area contributed by atoms with Crippen molar-refractivity contribution < 1.29 is 4.74 Å². The van der Waals surface area contributed by atoms with E-state index in [0.29, 0.717) is 24.8 Å². The van der Waals surface area contributed by atoms with Gasteiger partial charge in [-0.25, -0.2) is 9.97 Å². The molecule has 0 saturated carbocycles. The van der Waals surface area contributed by atoms with Gasteiger partial charge < -0.3 is 15.8 Å². The third-order valence-electron chi connectivity index (χ3n) is 1.84. The minimum Gasteiger partial charge on any atom is -0.396 e. The van der Waals surface area contributed by atoms with Crippen molar-refractivity contribution in [3.8, 4) is 0 Å². The molecule has 3 N–H and O–H groups in total. The van der Waals surface area contributed by atoms with E-state index < -0.39 is 0 Å². The van der Waals surface area contributed by atoms with Crippen LogP contribution in [-0.4, -0.2) is 29.7 Å². The van der Waals surface area contributed by atoms with Gasteiger partial charge in [-0.2, -0.15) is 0 Å². The first-order chi connectivity index (χ1) is 7.33. The summed E-state index contributed by atoms with van der Waals surface area (Å²) in [4.78, 5) is 8.02. The molecule has 0 aliphatic rings. The summed E-state index contributed by atoms with van der Waals surface area (Å²) in [6, 6.07) is 0. The number of nitrogens with one attached hydrogen (secondary N) is 1. The number of hydrogen-bond donors (Lipinski definition) is 2. The molecule has 5 heteroatoms. The molecule has 0 aliphatic heterocycles. The summed E-state index contributed by atoms with van der Waals surface area (Å²) < 4.78 is 5.38. The third kappa shape index (κ3) is 5.17. The monoisotopic (exact) mass is 210 g/mol. The molecule has 1 heterocycles.